The van der Waals surface area contributed by atoms with Gasteiger partial charge in [-0.1, -0.05) is 11.6 Å². The largest absolute Gasteiger partial charge is 0.376 e. The van der Waals surface area contributed by atoms with E-state index in [0.29, 0.717) is 5.02 Å². The van der Waals surface area contributed by atoms with Crippen LogP contribution in [0.15, 0.2) is 18.2 Å². The third kappa shape index (κ3) is 2.94. The van der Waals surface area contributed by atoms with Crippen LogP contribution in [0.5, 0.6) is 0 Å². The Morgan fingerprint density at radius 2 is 2.28 bits per heavy atom. The molecule has 0 radical (unpaired) electrons. The lowest BCUT2D eigenvalue weighted by molar-refractivity contribution is -0.117. The first-order chi connectivity index (χ1) is 8.58. The molecule has 2 rings (SSSR count). The normalized spacial score (nSPS) is 18.7. The summed E-state index contributed by atoms with van der Waals surface area (Å²) in [7, 11) is 3.87. The number of nitrogens with zero attached hydrogens (tertiary/aromatic N) is 1. The van der Waals surface area contributed by atoms with Gasteiger partial charge in [-0.05, 0) is 37.6 Å². The Hall–Kier alpha value is -1.26. The van der Waals surface area contributed by atoms with Crippen molar-refractivity contribution in [2.45, 2.75) is 18.9 Å². The lowest BCUT2D eigenvalue weighted by Crippen LogP contribution is -2.35. The molecule has 0 bridgehead atoms. The summed E-state index contributed by atoms with van der Waals surface area (Å²) in [6.45, 7) is 0.911. The molecule has 1 aromatic carbocycles. The van der Waals surface area contributed by atoms with E-state index in [1.165, 1.54) is 0 Å². The van der Waals surface area contributed by atoms with Crippen molar-refractivity contribution in [3.63, 3.8) is 0 Å². The van der Waals surface area contributed by atoms with Crippen LogP contribution < -0.4 is 15.5 Å². The van der Waals surface area contributed by atoms with Crippen LogP contribution in [0.3, 0.4) is 0 Å². The van der Waals surface area contributed by atoms with Gasteiger partial charge in [0.1, 0.15) is 0 Å². The number of benzene rings is 1. The van der Waals surface area contributed by atoms with Crippen molar-refractivity contribution < 1.29 is 4.79 Å². The number of amides is 1. The molecule has 1 aromatic rings. The van der Waals surface area contributed by atoms with Crippen LogP contribution in [0.1, 0.15) is 12.8 Å². The maximum atomic E-state index is 12.1. The quantitative estimate of drug-likeness (QED) is 0.882. The molecular weight excluding hydrogens is 250 g/mol. The van der Waals surface area contributed by atoms with Gasteiger partial charge in [0.15, 0.2) is 0 Å². The molecule has 0 saturated carbocycles. The van der Waals surface area contributed by atoms with Gasteiger partial charge in [0.2, 0.25) is 5.91 Å². The van der Waals surface area contributed by atoms with Crippen molar-refractivity contribution in [3.8, 4) is 0 Å². The maximum absolute atomic E-state index is 12.1. The number of hydrogen-bond donors (Lipinski definition) is 2. The number of nitrogens with one attached hydrogen (secondary N) is 2. The van der Waals surface area contributed by atoms with E-state index >= 15 is 0 Å². The van der Waals surface area contributed by atoms with Gasteiger partial charge in [-0.15, -0.1) is 0 Å². The second kappa shape index (κ2) is 5.59. The lowest BCUT2D eigenvalue weighted by atomic mass is 10.2. The summed E-state index contributed by atoms with van der Waals surface area (Å²) in [5.41, 5.74) is 1.71. The molecule has 98 valence electrons. The zero-order chi connectivity index (χ0) is 13.1. The molecule has 2 N–H and O–H groups in total. The number of hydrogen-bond acceptors (Lipinski definition) is 3. The fourth-order valence-electron chi connectivity index (χ4n) is 2.13. The second-order valence-electron chi connectivity index (χ2n) is 4.69. The SMILES string of the molecule is CN(C)c1ccc(Cl)cc1NC(=O)[C@@H]1CCCN1. The van der Waals surface area contributed by atoms with Gasteiger partial charge in [-0.2, -0.15) is 0 Å². The Morgan fingerprint density at radius 3 is 2.89 bits per heavy atom. The molecule has 0 spiro atoms. The van der Waals surface area contributed by atoms with E-state index in [9.17, 15) is 4.79 Å². The molecule has 0 aromatic heterocycles. The van der Waals surface area contributed by atoms with E-state index in [-0.39, 0.29) is 11.9 Å². The van der Waals surface area contributed by atoms with E-state index in [4.69, 9.17) is 11.6 Å². The van der Waals surface area contributed by atoms with Crippen molar-refractivity contribution >= 4 is 28.9 Å². The smallest absolute Gasteiger partial charge is 0.241 e. The predicted octanol–water partition coefficient (Wildman–Crippen LogP) is 2.10. The number of carbonyl (C=O) groups excluding carboxylic acids is 1. The van der Waals surface area contributed by atoms with E-state index in [1.54, 1.807) is 6.07 Å². The summed E-state index contributed by atoms with van der Waals surface area (Å²) < 4.78 is 0. The average Bonchev–Trinajstić information content (AvgIpc) is 2.81. The van der Waals surface area contributed by atoms with E-state index in [1.807, 2.05) is 31.1 Å². The van der Waals surface area contributed by atoms with Crippen LogP contribution in [0.25, 0.3) is 0 Å². The Morgan fingerprint density at radius 1 is 1.50 bits per heavy atom. The summed E-state index contributed by atoms with van der Waals surface area (Å²) in [6, 6.07) is 5.42. The molecule has 1 aliphatic heterocycles. The van der Waals surface area contributed by atoms with Crippen molar-refractivity contribution in [1.82, 2.24) is 5.32 Å². The van der Waals surface area contributed by atoms with Crippen LogP contribution in [-0.4, -0.2) is 32.6 Å². The van der Waals surface area contributed by atoms with Crippen LogP contribution in [0.2, 0.25) is 5.02 Å². The summed E-state index contributed by atoms with van der Waals surface area (Å²) >= 11 is 5.98. The molecule has 1 aliphatic rings. The van der Waals surface area contributed by atoms with Gasteiger partial charge >= 0.3 is 0 Å². The molecule has 0 unspecified atom stereocenters. The van der Waals surface area contributed by atoms with Crippen molar-refractivity contribution in [1.29, 1.82) is 0 Å². The topological polar surface area (TPSA) is 44.4 Å². The first-order valence-corrected chi connectivity index (χ1v) is 6.47. The Kier molecular flexibility index (Phi) is 4.09. The van der Waals surface area contributed by atoms with Gasteiger partial charge < -0.3 is 15.5 Å². The highest BCUT2D eigenvalue weighted by atomic mass is 35.5. The highest BCUT2D eigenvalue weighted by Crippen LogP contribution is 2.28. The summed E-state index contributed by atoms with van der Waals surface area (Å²) in [4.78, 5) is 14.0. The van der Waals surface area contributed by atoms with Crippen LogP contribution in [-0.2, 0) is 4.79 Å². The van der Waals surface area contributed by atoms with Gasteiger partial charge in [-0.3, -0.25) is 4.79 Å². The molecule has 1 atom stereocenters. The fourth-order valence-corrected chi connectivity index (χ4v) is 2.30. The number of rotatable bonds is 3. The Bertz CT molecular complexity index is 442. The molecular formula is C13H18ClN3O. The fraction of sp³-hybridized carbons (Fsp3) is 0.462. The molecule has 18 heavy (non-hydrogen) atoms. The molecule has 1 amide bonds. The lowest BCUT2D eigenvalue weighted by Gasteiger charge is -2.19. The zero-order valence-corrected chi connectivity index (χ0v) is 11.4. The average molecular weight is 268 g/mol. The zero-order valence-electron chi connectivity index (χ0n) is 10.7. The Labute approximate surface area is 112 Å². The van der Waals surface area contributed by atoms with Crippen molar-refractivity contribution in [3.05, 3.63) is 23.2 Å². The van der Waals surface area contributed by atoms with Gasteiger partial charge in [-0.25, -0.2) is 0 Å². The molecule has 1 saturated heterocycles. The molecule has 5 heteroatoms. The summed E-state index contributed by atoms with van der Waals surface area (Å²) in [5, 5.41) is 6.75. The maximum Gasteiger partial charge on any atom is 0.241 e. The monoisotopic (exact) mass is 267 g/mol. The summed E-state index contributed by atoms with van der Waals surface area (Å²) in [5.74, 6) is 0.0119. The molecule has 1 heterocycles. The number of halogens is 1. The first kappa shape index (κ1) is 13.2. The van der Waals surface area contributed by atoms with Crippen LogP contribution >= 0.6 is 11.6 Å². The van der Waals surface area contributed by atoms with E-state index in [2.05, 4.69) is 10.6 Å². The third-order valence-electron chi connectivity index (χ3n) is 3.08. The molecule has 4 nitrogen and oxygen atoms in total. The highest BCUT2D eigenvalue weighted by molar-refractivity contribution is 6.31. The first-order valence-electron chi connectivity index (χ1n) is 6.09. The number of carbonyl (C=O) groups is 1. The van der Waals surface area contributed by atoms with Crippen LogP contribution in [0, 0.1) is 0 Å². The third-order valence-corrected chi connectivity index (χ3v) is 3.31. The van der Waals surface area contributed by atoms with Crippen molar-refractivity contribution in [2.24, 2.45) is 0 Å². The van der Waals surface area contributed by atoms with Gasteiger partial charge in [0.25, 0.3) is 0 Å². The minimum Gasteiger partial charge on any atom is -0.376 e. The second-order valence-corrected chi connectivity index (χ2v) is 5.13. The van der Waals surface area contributed by atoms with Gasteiger partial charge in [0, 0.05) is 19.1 Å². The van der Waals surface area contributed by atoms with Crippen LogP contribution in [0.4, 0.5) is 11.4 Å². The van der Waals surface area contributed by atoms with E-state index < -0.39 is 0 Å². The van der Waals surface area contributed by atoms with Gasteiger partial charge in [0.05, 0.1) is 17.4 Å². The molecule has 1 fully saturated rings. The minimum absolute atomic E-state index is 0.0119. The summed E-state index contributed by atoms with van der Waals surface area (Å²) in [6.07, 6.45) is 1.94. The Balaban J connectivity index is 2.16. The molecule has 0 aliphatic carbocycles. The minimum atomic E-state index is -0.0843. The predicted molar refractivity (Wildman–Crippen MR) is 75.4 cm³/mol. The van der Waals surface area contributed by atoms with E-state index in [0.717, 1.165) is 30.8 Å². The standard InChI is InChI=1S/C13H18ClN3O/c1-17(2)12-6-5-9(14)8-11(12)16-13(18)10-4-3-7-15-10/h5-6,8,10,15H,3-4,7H2,1-2H3,(H,16,18)/t10-/m0/s1. The number of anilines is 2. The highest BCUT2D eigenvalue weighted by Gasteiger charge is 2.22. The van der Waals surface area contributed by atoms with Crippen molar-refractivity contribution in [2.75, 3.05) is 30.9 Å².